The highest BCUT2D eigenvalue weighted by molar-refractivity contribution is 6.30. The van der Waals surface area contributed by atoms with Gasteiger partial charge in [0.1, 0.15) is 6.04 Å². The Balaban J connectivity index is 1.69. The van der Waals surface area contributed by atoms with Gasteiger partial charge in [0.2, 0.25) is 11.8 Å². The van der Waals surface area contributed by atoms with Crippen molar-refractivity contribution in [1.82, 2.24) is 20.4 Å². The van der Waals surface area contributed by atoms with Gasteiger partial charge >= 0.3 is 0 Å². The van der Waals surface area contributed by atoms with Crippen LogP contribution >= 0.6 is 11.6 Å². The summed E-state index contributed by atoms with van der Waals surface area (Å²) in [7, 11) is 0. The second kappa shape index (κ2) is 8.73. The highest BCUT2D eigenvalue weighted by atomic mass is 35.5. The van der Waals surface area contributed by atoms with Crippen LogP contribution in [0.2, 0.25) is 5.02 Å². The van der Waals surface area contributed by atoms with Gasteiger partial charge in [-0.25, -0.2) is 0 Å². The summed E-state index contributed by atoms with van der Waals surface area (Å²) in [6, 6.07) is 6.00. The minimum atomic E-state index is -0.605. The molecule has 1 aliphatic heterocycles. The summed E-state index contributed by atoms with van der Waals surface area (Å²) < 4.78 is 5.29. The Bertz CT molecular complexity index is 834. The van der Waals surface area contributed by atoms with E-state index in [2.05, 4.69) is 15.5 Å². The van der Waals surface area contributed by atoms with E-state index in [0.717, 1.165) is 12.8 Å². The Morgan fingerprint density at radius 1 is 1.29 bits per heavy atom. The molecule has 0 unspecified atom stereocenters. The van der Waals surface area contributed by atoms with Crippen LogP contribution in [0.25, 0.3) is 0 Å². The Morgan fingerprint density at radius 3 is 2.61 bits per heavy atom. The van der Waals surface area contributed by atoms with Crippen LogP contribution in [0.15, 0.2) is 28.8 Å². The van der Waals surface area contributed by atoms with E-state index in [-0.39, 0.29) is 23.7 Å². The summed E-state index contributed by atoms with van der Waals surface area (Å²) in [5, 5.41) is 7.29. The zero-order chi connectivity index (χ0) is 20.3. The number of halogens is 1. The van der Waals surface area contributed by atoms with E-state index in [4.69, 9.17) is 16.1 Å². The minimum Gasteiger partial charge on any atom is -0.340 e. The SMILES string of the molecule is Cc1noc([C@H]2CCCN(C(=O)[C@@H](NC(=O)c3ccc(Cl)cc3)C(C)C)C2)n1. The number of amides is 2. The summed E-state index contributed by atoms with van der Waals surface area (Å²) in [6.07, 6.45) is 1.75. The van der Waals surface area contributed by atoms with Crippen molar-refractivity contribution in [3.05, 3.63) is 46.6 Å². The standard InChI is InChI=1S/C20H25ClN4O3/c1-12(2)17(23-18(26)14-6-8-16(21)9-7-14)20(27)25-10-4-5-15(11-25)19-22-13(3)24-28-19/h6-9,12,15,17H,4-5,10-11H2,1-3H3,(H,23,26)/t15-,17-/m0/s1. The molecule has 2 aromatic rings. The number of nitrogens with one attached hydrogen (secondary N) is 1. The van der Waals surface area contributed by atoms with E-state index < -0.39 is 6.04 Å². The lowest BCUT2D eigenvalue weighted by molar-refractivity contribution is -0.135. The number of benzene rings is 1. The van der Waals surface area contributed by atoms with Gasteiger partial charge < -0.3 is 14.7 Å². The number of aromatic nitrogens is 2. The van der Waals surface area contributed by atoms with E-state index in [1.54, 1.807) is 36.1 Å². The van der Waals surface area contributed by atoms with Gasteiger partial charge in [0.25, 0.3) is 5.91 Å². The van der Waals surface area contributed by atoms with Gasteiger partial charge in [0.15, 0.2) is 5.82 Å². The number of likely N-dealkylation sites (tertiary alicyclic amines) is 1. The summed E-state index contributed by atoms with van der Waals surface area (Å²) in [5.41, 5.74) is 0.473. The minimum absolute atomic E-state index is 0.0266. The quantitative estimate of drug-likeness (QED) is 0.826. The predicted octanol–water partition coefficient (Wildman–Crippen LogP) is 3.19. The molecule has 0 bridgehead atoms. The monoisotopic (exact) mass is 404 g/mol. The first-order valence-corrected chi connectivity index (χ1v) is 9.88. The molecule has 28 heavy (non-hydrogen) atoms. The first-order chi connectivity index (χ1) is 13.3. The van der Waals surface area contributed by atoms with E-state index in [1.165, 1.54) is 0 Å². The van der Waals surface area contributed by atoms with Crippen molar-refractivity contribution >= 4 is 23.4 Å². The molecule has 0 radical (unpaired) electrons. The molecule has 150 valence electrons. The lowest BCUT2D eigenvalue weighted by Crippen LogP contribution is -2.53. The Labute approximate surface area is 169 Å². The molecule has 1 aromatic carbocycles. The van der Waals surface area contributed by atoms with E-state index in [1.807, 2.05) is 13.8 Å². The van der Waals surface area contributed by atoms with E-state index in [0.29, 0.717) is 35.4 Å². The summed E-state index contributed by atoms with van der Waals surface area (Å²) >= 11 is 5.88. The van der Waals surface area contributed by atoms with Crippen molar-refractivity contribution in [2.24, 2.45) is 5.92 Å². The van der Waals surface area contributed by atoms with Gasteiger partial charge in [0, 0.05) is 23.7 Å². The highest BCUT2D eigenvalue weighted by Gasteiger charge is 2.33. The van der Waals surface area contributed by atoms with Crippen molar-refractivity contribution < 1.29 is 14.1 Å². The molecule has 1 aliphatic rings. The number of hydrogen-bond donors (Lipinski definition) is 1. The van der Waals surface area contributed by atoms with Crippen LogP contribution in [0, 0.1) is 12.8 Å². The number of rotatable bonds is 5. The van der Waals surface area contributed by atoms with E-state index >= 15 is 0 Å². The number of nitrogens with zero attached hydrogens (tertiary/aromatic N) is 3. The van der Waals surface area contributed by atoms with Crippen molar-refractivity contribution in [3.63, 3.8) is 0 Å². The molecule has 7 nitrogen and oxygen atoms in total. The second-order valence-electron chi connectivity index (χ2n) is 7.51. The van der Waals surface area contributed by atoms with Crippen molar-refractivity contribution in [2.75, 3.05) is 13.1 Å². The Kier molecular flexibility index (Phi) is 6.34. The van der Waals surface area contributed by atoms with Gasteiger partial charge in [-0.1, -0.05) is 30.6 Å². The fourth-order valence-corrected chi connectivity index (χ4v) is 3.52. The van der Waals surface area contributed by atoms with Crippen LogP contribution < -0.4 is 5.32 Å². The van der Waals surface area contributed by atoms with Gasteiger partial charge in [-0.3, -0.25) is 9.59 Å². The van der Waals surface area contributed by atoms with Crippen LogP contribution in [-0.4, -0.2) is 46.0 Å². The van der Waals surface area contributed by atoms with Crippen LogP contribution in [-0.2, 0) is 4.79 Å². The lowest BCUT2D eigenvalue weighted by atomic mass is 9.95. The molecular weight excluding hydrogens is 380 g/mol. The third kappa shape index (κ3) is 4.70. The zero-order valence-corrected chi connectivity index (χ0v) is 17.1. The molecule has 3 rings (SSSR count). The zero-order valence-electron chi connectivity index (χ0n) is 16.3. The lowest BCUT2D eigenvalue weighted by Gasteiger charge is -2.35. The first kappa shape index (κ1) is 20.3. The third-order valence-electron chi connectivity index (χ3n) is 4.95. The maximum Gasteiger partial charge on any atom is 0.251 e. The second-order valence-corrected chi connectivity index (χ2v) is 7.94. The van der Waals surface area contributed by atoms with Gasteiger partial charge in [-0.2, -0.15) is 4.98 Å². The number of aryl methyl sites for hydroxylation is 1. The Morgan fingerprint density at radius 2 is 2.00 bits per heavy atom. The molecule has 8 heteroatoms. The topological polar surface area (TPSA) is 88.3 Å². The fourth-order valence-electron chi connectivity index (χ4n) is 3.39. The van der Waals surface area contributed by atoms with Crippen LogP contribution in [0.3, 0.4) is 0 Å². The van der Waals surface area contributed by atoms with Crippen LogP contribution in [0.1, 0.15) is 54.7 Å². The summed E-state index contributed by atoms with van der Waals surface area (Å²) in [4.78, 5) is 31.9. The molecule has 2 amide bonds. The largest absolute Gasteiger partial charge is 0.340 e. The molecule has 2 heterocycles. The molecule has 0 aliphatic carbocycles. The number of carbonyl (C=O) groups excluding carboxylic acids is 2. The average Bonchev–Trinajstić information content (AvgIpc) is 3.12. The molecule has 1 N–H and O–H groups in total. The maximum atomic E-state index is 13.2. The maximum absolute atomic E-state index is 13.2. The van der Waals surface area contributed by atoms with Crippen molar-refractivity contribution in [2.45, 2.75) is 45.6 Å². The normalized spacial score (nSPS) is 18.2. The predicted molar refractivity (Wildman–Crippen MR) is 105 cm³/mol. The van der Waals surface area contributed by atoms with Crippen molar-refractivity contribution in [1.29, 1.82) is 0 Å². The number of piperidine rings is 1. The smallest absolute Gasteiger partial charge is 0.251 e. The average molecular weight is 405 g/mol. The Hall–Kier alpha value is -2.41. The fraction of sp³-hybridized carbons (Fsp3) is 0.500. The van der Waals surface area contributed by atoms with Crippen LogP contribution in [0.5, 0.6) is 0 Å². The van der Waals surface area contributed by atoms with Crippen molar-refractivity contribution in [3.8, 4) is 0 Å². The summed E-state index contributed by atoms with van der Waals surface area (Å²) in [6.45, 7) is 6.80. The van der Waals surface area contributed by atoms with Crippen LogP contribution in [0.4, 0.5) is 0 Å². The summed E-state index contributed by atoms with van der Waals surface area (Å²) in [5.74, 6) is 0.770. The molecule has 0 spiro atoms. The third-order valence-corrected chi connectivity index (χ3v) is 5.20. The molecule has 1 fully saturated rings. The van der Waals surface area contributed by atoms with Gasteiger partial charge in [-0.15, -0.1) is 0 Å². The molecule has 0 saturated carbocycles. The van der Waals surface area contributed by atoms with Gasteiger partial charge in [-0.05, 0) is 49.9 Å². The molecular formula is C20H25ClN4O3. The first-order valence-electron chi connectivity index (χ1n) is 9.50. The number of carbonyl (C=O) groups is 2. The molecule has 1 aromatic heterocycles. The van der Waals surface area contributed by atoms with Gasteiger partial charge in [0.05, 0.1) is 5.92 Å². The van der Waals surface area contributed by atoms with E-state index in [9.17, 15) is 9.59 Å². The molecule has 2 atom stereocenters. The molecule has 1 saturated heterocycles. The highest BCUT2D eigenvalue weighted by Crippen LogP contribution is 2.26. The number of hydrogen-bond acceptors (Lipinski definition) is 5.